The lowest BCUT2D eigenvalue weighted by atomic mass is 10.0. The third kappa shape index (κ3) is 2.59. The van der Waals surface area contributed by atoms with Crippen molar-refractivity contribution in [3.8, 4) is 11.3 Å². The van der Waals surface area contributed by atoms with E-state index in [1.54, 1.807) is 12.1 Å². The number of hydrogen-bond donors (Lipinski definition) is 1. The summed E-state index contributed by atoms with van der Waals surface area (Å²) in [5, 5.41) is 22.3. The zero-order chi connectivity index (χ0) is 14.7. The van der Waals surface area contributed by atoms with Crippen LogP contribution in [0.2, 0.25) is 0 Å². The topological polar surface area (TPSA) is 81.0 Å². The van der Waals surface area contributed by atoms with Crippen LogP contribution in [0.5, 0.6) is 0 Å². The van der Waals surface area contributed by atoms with Gasteiger partial charge in [0.2, 0.25) is 0 Å². The summed E-state index contributed by atoms with van der Waals surface area (Å²) in [6.07, 6.45) is 0. The van der Waals surface area contributed by atoms with Gasteiger partial charge in [-0.05, 0) is 31.9 Å². The molecule has 0 aliphatic heterocycles. The maximum absolute atomic E-state index is 10.8. The maximum atomic E-state index is 10.8. The molecule has 2 rings (SSSR count). The molecule has 0 amide bonds. The van der Waals surface area contributed by atoms with E-state index < -0.39 is 4.92 Å². The second-order valence-corrected chi connectivity index (χ2v) is 4.48. The lowest BCUT2D eigenvalue weighted by Gasteiger charge is -2.11. The average molecular weight is 272 g/mol. The number of nitro benzene ring substituents is 1. The minimum Gasteiger partial charge on any atom is -0.369 e. The minimum absolute atomic E-state index is 0.0529. The van der Waals surface area contributed by atoms with Crippen molar-refractivity contribution in [1.82, 2.24) is 10.2 Å². The highest BCUT2D eigenvalue weighted by Gasteiger charge is 2.13. The summed E-state index contributed by atoms with van der Waals surface area (Å²) in [5.41, 5.74) is 3.40. The Labute approximate surface area is 117 Å². The van der Waals surface area contributed by atoms with Crippen molar-refractivity contribution in [2.45, 2.75) is 20.8 Å². The van der Waals surface area contributed by atoms with Crippen LogP contribution in [0.15, 0.2) is 24.3 Å². The van der Waals surface area contributed by atoms with Crippen molar-refractivity contribution in [2.24, 2.45) is 0 Å². The number of hydrogen-bond acceptors (Lipinski definition) is 5. The van der Waals surface area contributed by atoms with Crippen LogP contribution < -0.4 is 5.32 Å². The molecule has 1 aromatic carbocycles. The van der Waals surface area contributed by atoms with E-state index in [1.165, 1.54) is 12.1 Å². The molecule has 6 nitrogen and oxygen atoms in total. The van der Waals surface area contributed by atoms with Crippen LogP contribution in [0.3, 0.4) is 0 Å². The van der Waals surface area contributed by atoms with Crippen molar-refractivity contribution in [1.29, 1.82) is 0 Å². The molecule has 0 aliphatic rings. The molecule has 0 spiro atoms. The maximum Gasteiger partial charge on any atom is 0.270 e. The first kappa shape index (κ1) is 13.9. The van der Waals surface area contributed by atoms with Crippen LogP contribution in [0.25, 0.3) is 11.3 Å². The molecule has 0 atom stereocenters. The van der Waals surface area contributed by atoms with E-state index in [1.807, 2.05) is 20.8 Å². The molecule has 0 saturated heterocycles. The van der Waals surface area contributed by atoms with E-state index in [4.69, 9.17) is 0 Å². The normalized spacial score (nSPS) is 10.3. The summed E-state index contributed by atoms with van der Waals surface area (Å²) in [6, 6.07) is 6.44. The Hall–Kier alpha value is -2.50. The summed E-state index contributed by atoms with van der Waals surface area (Å²) in [4.78, 5) is 10.4. The van der Waals surface area contributed by atoms with E-state index in [0.29, 0.717) is 11.3 Å². The highest BCUT2D eigenvalue weighted by molar-refractivity contribution is 5.68. The number of benzene rings is 1. The molecule has 0 fully saturated rings. The van der Waals surface area contributed by atoms with Crippen molar-refractivity contribution >= 4 is 11.5 Å². The molecule has 20 heavy (non-hydrogen) atoms. The summed E-state index contributed by atoms with van der Waals surface area (Å²) in [5.74, 6) is 0.749. The number of anilines is 1. The van der Waals surface area contributed by atoms with Gasteiger partial charge in [-0.1, -0.05) is 12.1 Å². The average Bonchev–Trinajstić information content (AvgIpc) is 2.44. The van der Waals surface area contributed by atoms with Gasteiger partial charge < -0.3 is 5.32 Å². The molecule has 0 bridgehead atoms. The van der Waals surface area contributed by atoms with Gasteiger partial charge in [-0.3, -0.25) is 10.1 Å². The van der Waals surface area contributed by atoms with Crippen LogP contribution in [0, 0.1) is 24.0 Å². The zero-order valence-corrected chi connectivity index (χ0v) is 11.7. The highest BCUT2D eigenvalue weighted by atomic mass is 16.6. The minimum atomic E-state index is -0.411. The van der Waals surface area contributed by atoms with E-state index in [2.05, 4.69) is 15.5 Å². The monoisotopic (exact) mass is 272 g/mol. The molecule has 0 saturated carbocycles. The van der Waals surface area contributed by atoms with Crippen molar-refractivity contribution in [3.05, 3.63) is 45.5 Å². The summed E-state index contributed by atoms with van der Waals surface area (Å²) in [6.45, 7) is 6.66. The number of aromatic nitrogens is 2. The molecule has 1 N–H and O–H groups in total. The molecule has 1 aromatic heterocycles. The third-order valence-electron chi connectivity index (χ3n) is 3.20. The van der Waals surface area contributed by atoms with Crippen LogP contribution >= 0.6 is 0 Å². The number of non-ortho nitro benzene ring substituents is 1. The molecular formula is C14H16N4O2. The summed E-state index contributed by atoms with van der Waals surface area (Å²) in [7, 11) is 0. The number of nitro groups is 1. The van der Waals surface area contributed by atoms with Gasteiger partial charge in [-0.15, -0.1) is 10.2 Å². The van der Waals surface area contributed by atoms with Crippen molar-refractivity contribution in [2.75, 3.05) is 11.9 Å². The van der Waals surface area contributed by atoms with Gasteiger partial charge in [0.1, 0.15) is 0 Å². The fourth-order valence-electron chi connectivity index (χ4n) is 1.98. The molecular weight excluding hydrogens is 256 g/mol. The first-order valence-corrected chi connectivity index (χ1v) is 6.37. The fraction of sp³-hybridized carbons (Fsp3) is 0.286. The number of rotatable bonds is 4. The van der Waals surface area contributed by atoms with E-state index >= 15 is 0 Å². The van der Waals surface area contributed by atoms with Gasteiger partial charge >= 0.3 is 0 Å². The lowest BCUT2D eigenvalue weighted by molar-refractivity contribution is -0.384. The first-order chi connectivity index (χ1) is 9.54. The van der Waals surface area contributed by atoms with Gasteiger partial charge in [-0.2, -0.15) is 0 Å². The summed E-state index contributed by atoms with van der Waals surface area (Å²) >= 11 is 0. The Morgan fingerprint density at radius 2 is 2.00 bits per heavy atom. The van der Waals surface area contributed by atoms with Gasteiger partial charge in [0.05, 0.1) is 10.6 Å². The molecule has 104 valence electrons. The summed E-state index contributed by atoms with van der Waals surface area (Å²) < 4.78 is 0. The quantitative estimate of drug-likeness (QED) is 0.683. The Balaban J connectivity index is 2.51. The SMILES string of the molecule is CCNc1nnc(-c2cccc([N+](=O)[O-])c2)c(C)c1C. The molecule has 0 unspecified atom stereocenters. The fourth-order valence-corrected chi connectivity index (χ4v) is 1.98. The number of nitrogens with zero attached hydrogens (tertiary/aromatic N) is 3. The predicted molar refractivity (Wildman–Crippen MR) is 77.8 cm³/mol. The van der Waals surface area contributed by atoms with Crippen molar-refractivity contribution in [3.63, 3.8) is 0 Å². The van der Waals surface area contributed by atoms with Crippen LogP contribution in [0.4, 0.5) is 11.5 Å². The molecule has 2 aromatic rings. The number of nitrogens with one attached hydrogen (secondary N) is 1. The highest BCUT2D eigenvalue weighted by Crippen LogP contribution is 2.28. The second kappa shape index (κ2) is 5.64. The predicted octanol–water partition coefficient (Wildman–Crippen LogP) is 3.10. The van der Waals surface area contributed by atoms with E-state index in [0.717, 1.165) is 23.5 Å². The molecule has 1 heterocycles. The van der Waals surface area contributed by atoms with Gasteiger partial charge in [0.25, 0.3) is 5.69 Å². The van der Waals surface area contributed by atoms with Crippen LogP contribution in [0.1, 0.15) is 18.1 Å². The van der Waals surface area contributed by atoms with Crippen LogP contribution in [-0.2, 0) is 0 Å². The Morgan fingerprint density at radius 1 is 1.25 bits per heavy atom. The second-order valence-electron chi connectivity index (χ2n) is 4.48. The molecule has 0 radical (unpaired) electrons. The Kier molecular flexibility index (Phi) is 3.93. The first-order valence-electron chi connectivity index (χ1n) is 6.37. The third-order valence-corrected chi connectivity index (χ3v) is 3.20. The smallest absolute Gasteiger partial charge is 0.270 e. The standard InChI is InChI=1S/C14H16N4O2/c1-4-15-14-10(3)9(2)13(16-17-14)11-6-5-7-12(8-11)18(19)20/h5-8H,4H2,1-3H3,(H,15,17). The van der Waals surface area contributed by atoms with Gasteiger partial charge in [0, 0.05) is 24.2 Å². The Bertz CT molecular complexity index is 656. The molecule has 6 heteroatoms. The van der Waals surface area contributed by atoms with Gasteiger partial charge in [-0.25, -0.2) is 0 Å². The van der Waals surface area contributed by atoms with Gasteiger partial charge in [0.15, 0.2) is 5.82 Å². The van der Waals surface area contributed by atoms with E-state index in [9.17, 15) is 10.1 Å². The lowest BCUT2D eigenvalue weighted by Crippen LogP contribution is -2.06. The zero-order valence-electron chi connectivity index (χ0n) is 11.7. The Morgan fingerprint density at radius 3 is 2.65 bits per heavy atom. The molecule has 0 aliphatic carbocycles. The van der Waals surface area contributed by atoms with Crippen molar-refractivity contribution < 1.29 is 4.92 Å². The van der Waals surface area contributed by atoms with Crippen LogP contribution in [-0.4, -0.2) is 21.7 Å². The van der Waals surface area contributed by atoms with E-state index in [-0.39, 0.29) is 5.69 Å². The largest absolute Gasteiger partial charge is 0.369 e.